The van der Waals surface area contributed by atoms with Crippen molar-refractivity contribution in [1.82, 2.24) is 5.32 Å². The molecule has 0 spiro atoms. The third-order valence-electron chi connectivity index (χ3n) is 4.81. The van der Waals surface area contributed by atoms with Crippen LogP contribution in [0.25, 0.3) is 0 Å². The van der Waals surface area contributed by atoms with Crippen LogP contribution in [0.15, 0.2) is 36.4 Å². The number of rotatable bonds is 8. The lowest BCUT2D eigenvalue weighted by Crippen LogP contribution is -2.48. The summed E-state index contributed by atoms with van der Waals surface area (Å²) in [6, 6.07) is 9.41. The Morgan fingerprint density at radius 3 is 2.10 bits per heavy atom. The fraction of sp³-hybridized carbons (Fsp3) is 0.409. The topological polar surface area (TPSA) is 84.9 Å². The number of amides is 1. The minimum Gasteiger partial charge on any atom is -0.497 e. The van der Waals surface area contributed by atoms with E-state index in [4.69, 9.17) is 9.47 Å². The van der Waals surface area contributed by atoms with E-state index >= 15 is 0 Å². The lowest BCUT2D eigenvalue weighted by molar-refractivity contribution is -0.122. The van der Waals surface area contributed by atoms with Crippen LogP contribution in [0.1, 0.15) is 36.6 Å². The summed E-state index contributed by atoms with van der Waals surface area (Å²) in [7, 11) is -0.582. The van der Waals surface area contributed by atoms with E-state index in [-0.39, 0.29) is 0 Å². The molecule has 8 heteroatoms. The first-order chi connectivity index (χ1) is 14.0. The van der Waals surface area contributed by atoms with Crippen LogP contribution in [-0.4, -0.2) is 40.8 Å². The number of hydrogen-bond donors (Lipinski definition) is 1. The molecule has 164 valence electrons. The molecule has 0 radical (unpaired) electrons. The predicted octanol–water partition coefficient (Wildman–Crippen LogP) is 3.35. The SMILES string of the molecule is COc1ccc(OC)c([C@H](C)NC(=O)[C@@H](C)N(c2cc(C)cc(C)c2)S(C)(=O)=O)c1. The number of sulfonamides is 1. The predicted molar refractivity (Wildman–Crippen MR) is 119 cm³/mol. The summed E-state index contributed by atoms with van der Waals surface area (Å²) in [6.07, 6.45) is 1.10. The van der Waals surface area contributed by atoms with E-state index in [1.807, 2.05) is 26.8 Å². The lowest BCUT2D eigenvalue weighted by atomic mass is 10.1. The lowest BCUT2D eigenvalue weighted by Gasteiger charge is -2.30. The largest absolute Gasteiger partial charge is 0.497 e. The molecular formula is C22H30N2O5S. The molecule has 0 heterocycles. The van der Waals surface area contributed by atoms with Crippen LogP contribution < -0.4 is 19.1 Å². The highest BCUT2D eigenvalue weighted by Gasteiger charge is 2.30. The van der Waals surface area contributed by atoms with Crippen LogP contribution in [0.5, 0.6) is 11.5 Å². The molecule has 0 aromatic heterocycles. The fourth-order valence-corrected chi connectivity index (χ4v) is 4.63. The Balaban J connectivity index is 2.34. The van der Waals surface area contributed by atoms with Crippen LogP contribution >= 0.6 is 0 Å². The van der Waals surface area contributed by atoms with Crippen molar-refractivity contribution < 1.29 is 22.7 Å². The summed E-state index contributed by atoms with van der Waals surface area (Å²) < 4.78 is 36.9. The molecule has 30 heavy (non-hydrogen) atoms. The molecule has 2 atom stereocenters. The molecule has 0 saturated heterocycles. The maximum atomic E-state index is 13.0. The first-order valence-electron chi connectivity index (χ1n) is 9.58. The number of aryl methyl sites for hydroxylation is 2. The van der Waals surface area contributed by atoms with Crippen LogP contribution in [0.4, 0.5) is 5.69 Å². The number of anilines is 1. The summed E-state index contributed by atoms with van der Waals surface area (Å²) in [5.41, 5.74) is 3.03. The van der Waals surface area contributed by atoms with Crippen molar-refractivity contribution >= 4 is 21.6 Å². The van der Waals surface area contributed by atoms with Crippen molar-refractivity contribution in [3.63, 3.8) is 0 Å². The quantitative estimate of drug-likeness (QED) is 0.689. The van der Waals surface area contributed by atoms with Crippen molar-refractivity contribution in [3.05, 3.63) is 53.1 Å². The van der Waals surface area contributed by atoms with Gasteiger partial charge in [-0.05, 0) is 69.2 Å². The van der Waals surface area contributed by atoms with Crippen LogP contribution in [-0.2, 0) is 14.8 Å². The number of ether oxygens (including phenoxy) is 2. The zero-order chi connectivity index (χ0) is 22.6. The Morgan fingerprint density at radius 2 is 1.60 bits per heavy atom. The second kappa shape index (κ2) is 9.38. The third-order valence-corrected chi connectivity index (χ3v) is 6.05. The molecular weight excluding hydrogens is 404 g/mol. The van der Waals surface area contributed by atoms with Crippen LogP contribution in [0.3, 0.4) is 0 Å². The molecule has 0 aliphatic heterocycles. The molecule has 0 bridgehead atoms. The molecule has 0 fully saturated rings. The zero-order valence-electron chi connectivity index (χ0n) is 18.5. The standard InChI is InChI=1S/C22H30N2O5S/c1-14-10-15(2)12-18(11-14)24(30(7,26)27)17(4)22(25)23-16(3)20-13-19(28-5)8-9-21(20)29-6/h8-13,16-17H,1-7H3,(H,23,25)/t16-,17+/m0/s1. The van der Waals surface area contributed by atoms with Gasteiger partial charge in [0.05, 0.1) is 32.2 Å². The van der Waals surface area contributed by atoms with Crippen molar-refractivity contribution in [2.75, 3.05) is 24.8 Å². The van der Waals surface area contributed by atoms with Crippen molar-refractivity contribution in [3.8, 4) is 11.5 Å². The Hall–Kier alpha value is -2.74. The summed E-state index contributed by atoms with van der Waals surface area (Å²) >= 11 is 0. The Kier molecular flexibility index (Phi) is 7.36. The number of carbonyl (C=O) groups excluding carboxylic acids is 1. The summed E-state index contributed by atoms with van der Waals surface area (Å²) in [6.45, 7) is 7.16. The van der Waals surface area contributed by atoms with Gasteiger partial charge in [0.25, 0.3) is 0 Å². The minimum atomic E-state index is -3.69. The van der Waals surface area contributed by atoms with E-state index in [2.05, 4.69) is 5.32 Å². The van der Waals surface area contributed by atoms with E-state index in [9.17, 15) is 13.2 Å². The average Bonchev–Trinajstić information content (AvgIpc) is 2.65. The number of hydrogen-bond acceptors (Lipinski definition) is 5. The second-order valence-electron chi connectivity index (χ2n) is 7.42. The average molecular weight is 435 g/mol. The van der Waals surface area contributed by atoms with Crippen molar-refractivity contribution in [2.45, 2.75) is 39.8 Å². The summed E-state index contributed by atoms with van der Waals surface area (Å²) in [5, 5.41) is 2.89. The molecule has 0 aliphatic carbocycles. The van der Waals surface area contributed by atoms with E-state index in [1.54, 1.807) is 51.5 Å². The van der Waals surface area contributed by atoms with Gasteiger partial charge in [0.2, 0.25) is 15.9 Å². The minimum absolute atomic E-state index is 0.419. The van der Waals surface area contributed by atoms with Gasteiger partial charge in [-0.15, -0.1) is 0 Å². The van der Waals surface area contributed by atoms with Gasteiger partial charge in [-0.3, -0.25) is 9.10 Å². The normalized spacial score (nSPS) is 13.3. The molecule has 7 nitrogen and oxygen atoms in total. The van der Waals surface area contributed by atoms with Gasteiger partial charge < -0.3 is 14.8 Å². The maximum absolute atomic E-state index is 13.0. The zero-order valence-corrected chi connectivity index (χ0v) is 19.3. The van der Waals surface area contributed by atoms with E-state index in [0.29, 0.717) is 17.2 Å². The molecule has 1 amide bonds. The van der Waals surface area contributed by atoms with Gasteiger partial charge in [-0.25, -0.2) is 8.42 Å². The summed E-state index contributed by atoms with van der Waals surface area (Å²) in [4.78, 5) is 13.0. The van der Waals surface area contributed by atoms with Gasteiger partial charge in [-0.1, -0.05) is 6.07 Å². The molecule has 0 unspecified atom stereocenters. The molecule has 0 aliphatic rings. The molecule has 0 saturated carbocycles. The van der Waals surface area contributed by atoms with Crippen molar-refractivity contribution in [2.24, 2.45) is 0 Å². The first kappa shape index (κ1) is 23.5. The first-order valence-corrected chi connectivity index (χ1v) is 11.4. The smallest absolute Gasteiger partial charge is 0.244 e. The van der Waals surface area contributed by atoms with Gasteiger partial charge in [0.15, 0.2) is 0 Å². The van der Waals surface area contributed by atoms with Gasteiger partial charge in [-0.2, -0.15) is 0 Å². The number of benzene rings is 2. The van der Waals surface area contributed by atoms with E-state index in [1.165, 1.54) is 0 Å². The molecule has 1 N–H and O–H groups in total. The third kappa shape index (κ3) is 5.44. The van der Waals surface area contributed by atoms with E-state index < -0.39 is 28.0 Å². The van der Waals surface area contributed by atoms with Crippen LogP contribution in [0.2, 0.25) is 0 Å². The Labute approximate surface area is 179 Å². The Morgan fingerprint density at radius 1 is 1.00 bits per heavy atom. The molecule has 2 aromatic rings. The van der Waals surface area contributed by atoms with Crippen molar-refractivity contribution in [1.29, 1.82) is 0 Å². The number of carbonyl (C=O) groups is 1. The Bertz CT molecular complexity index is 1000. The fourth-order valence-electron chi connectivity index (χ4n) is 3.48. The highest BCUT2D eigenvalue weighted by Crippen LogP contribution is 2.30. The molecule has 2 aromatic carbocycles. The van der Waals surface area contributed by atoms with E-state index in [0.717, 1.165) is 27.3 Å². The number of nitrogens with one attached hydrogen (secondary N) is 1. The molecule has 2 rings (SSSR count). The van der Waals surface area contributed by atoms with Crippen LogP contribution in [0, 0.1) is 13.8 Å². The maximum Gasteiger partial charge on any atom is 0.244 e. The summed E-state index contributed by atoms with van der Waals surface area (Å²) in [5.74, 6) is 0.815. The number of nitrogens with zero attached hydrogens (tertiary/aromatic N) is 1. The second-order valence-corrected chi connectivity index (χ2v) is 9.28. The monoisotopic (exact) mass is 434 g/mol. The highest BCUT2D eigenvalue weighted by atomic mass is 32.2. The van der Waals surface area contributed by atoms with Gasteiger partial charge in [0.1, 0.15) is 17.5 Å². The van der Waals surface area contributed by atoms with Gasteiger partial charge >= 0.3 is 0 Å². The highest BCUT2D eigenvalue weighted by molar-refractivity contribution is 7.92. The van der Waals surface area contributed by atoms with Gasteiger partial charge in [0, 0.05) is 5.56 Å². The number of methoxy groups -OCH3 is 2.